The Balaban J connectivity index is 1.63. The second kappa shape index (κ2) is 8.80. The highest BCUT2D eigenvalue weighted by Gasteiger charge is 2.32. The molecule has 0 unspecified atom stereocenters. The Labute approximate surface area is 153 Å². The third-order valence-electron chi connectivity index (χ3n) is 4.89. The number of rotatable bonds is 3. The number of nitrogens with one attached hydrogen (secondary N) is 2. The fourth-order valence-electron chi connectivity index (χ4n) is 3.40. The second-order valence-corrected chi connectivity index (χ2v) is 6.78. The molecule has 1 atom stereocenters. The first-order chi connectivity index (χ1) is 12.6. The number of hydrogen-bond acceptors (Lipinski definition) is 4. The Bertz CT molecular complexity index is 643. The van der Waals surface area contributed by atoms with Gasteiger partial charge in [-0.05, 0) is 24.8 Å². The first-order valence-electron chi connectivity index (χ1n) is 9.29. The minimum atomic E-state index is -0.625. The van der Waals surface area contributed by atoms with Gasteiger partial charge in [0, 0.05) is 32.7 Å². The third kappa shape index (κ3) is 4.60. The van der Waals surface area contributed by atoms with Gasteiger partial charge in [0.25, 0.3) is 5.91 Å². The van der Waals surface area contributed by atoms with E-state index in [1.807, 2.05) is 30.3 Å². The Morgan fingerprint density at radius 3 is 2.54 bits per heavy atom. The molecule has 2 aliphatic heterocycles. The van der Waals surface area contributed by atoms with E-state index in [9.17, 15) is 14.4 Å². The zero-order chi connectivity index (χ0) is 18.4. The molecule has 2 fully saturated rings. The molecular formula is C19H26N4O3. The normalized spacial score (nSPS) is 21.2. The van der Waals surface area contributed by atoms with Gasteiger partial charge in [-0.15, -0.1) is 0 Å². The number of likely N-dealkylation sites (tertiary alicyclic amines) is 1. The van der Waals surface area contributed by atoms with Crippen LogP contribution >= 0.6 is 0 Å². The first kappa shape index (κ1) is 18.4. The molecule has 0 bridgehead atoms. The van der Waals surface area contributed by atoms with Crippen LogP contribution in [-0.4, -0.2) is 66.4 Å². The summed E-state index contributed by atoms with van der Waals surface area (Å²) < 4.78 is 0. The van der Waals surface area contributed by atoms with Gasteiger partial charge >= 0.3 is 6.03 Å². The largest absolute Gasteiger partial charge is 0.326 e. The summed E-state index contributed by atoms with van der Waals surface area (Å²) in [7, 11) is 0. The lowest BCUT2D eigenvalue weighted by molar-refractivity contribution is -0.145. The smallest absolute Gasteiger partial charge is 0.318 e. The van der Waals surface area contributed by atoms with Crippen molar-refractivity contribution in [2.75, 3.05) is 32.7 Å². The van der Waals surface area contributed by atoms with Crippen LogP contribution in [0.15, 0.2) is 30.3 Å². The van der Waals surface area contributed by atoms with E-state index in [-0.39, 0.29) is 24.3 Å². The van der Waals surface area contributed by atoms with Crippen LogP contribution in [0, 0.1) is 0 Å². The topological polar surface area (TPSA) is 81.8 Å². The molecule has 0 aliphatic carbocycles. The van der Waals surface area contributed by atoms with Crippen LogP contribution in [0.5, 0.6) is 0 Å². The molecule has 0 radical (unpaired) electrons. The number of imide groups is 1. The third-order valence-corrected chi connectivity index (χ3v) is 4.89. The average Bonchev–Trinajstić information content (AvgIpc) is 2.85. The molecule has 2 saturated heterocycles. The summed E-state index contributed by atoms with van der Waals surface area (Å²) in [4.78, 5) is 41.0. The van der Waals surface area contributed by atoms with Gasteiger partial charge in [-0.2, -0.15) is 0 Å². The number of urea groups is 1. The van der Waals surface area contributed by atoms with Crippen molar-refractivity contribution < 1.29 is 14.4 Å². The SMILES string of the molecule is O=C(N[C@H]1CCCCN(C(=O)Cc2ccccc2)C1=O)N1CCNCC1. The lowest BCUT2D eigenvalue weighted by Crippen LogP contribution is -2.56. The van der Waals surface area contributed by atoms with Crippen LogP contribution in [0.25, 0.3) is 0 Å². The van der Waals surface area contributed by atoms with Crippen LogP contribution in [0.1, 0.15) is 24.8 Å². The van der Waals surface area contributed by atoms with Crippen LogP contribution in [0.2, 0.25) is 0 Å². The lowest BCUT2D eigenvalue weighted by Gasteiger charge is -2.30. The average molecular weight is 358 g/mol. The molecule has 0 saturated carbocycles. The summed E-state index contributed by atoms with van der Waals surface area (Å²) in [6.07, 6.45) is 2.36. The number of piperazine rings is 1. The minimum absolute atomic E-state index is 0.199. The molecule has 7 nitrogen and oxygen atoms in total. The standard InChI is InChI=1S/C19H26N4O3/c24-17(14-15-6-2-1-3-7-15)23-11-5-4-8-16(18(23)25)21-19(26)22-12-9-20-10-13-22/h1-3,6-7,16,20H,4-5,8-14H2,(H,21,26)/t16-/m0/s1. The van der Waals surface area contributed by atoms with Crippen molar-refractivity contribution in [2.45, 2.75) is 31.7 Å². The van der Waals surface area contributed by atoms with Crippen LogP contribution in [0.4, 0.5) is 4.79 Å². The molecule has 1 aromatic carbocycles. The van der Waals surface area contributed by atoms with Crippen LogP contribution in [0.3, 0.4) is 0 Å². The number of hydrogen-bond donors (Lipinski definition) is 2. The van der Waals surface area contributed by atoms with Crippen molar-refractivity contribution in [2.24, 2.45) is 0 Å². The van der Waals surface area contributed by atoms with Crippen molar-refractivity contribution in [1.29, 1.82) is 0 Å². The van der Waals surface area contributed by atoms with Gasteiger partial charge in [0.05, 0.1) is 6.42 Å². The zero-order valence-electron chi connectivity index (χ0n) is 14.9. The monoisotopic (exact) mass is 358 g/mol. The summed E-state index contributed by atoms with van der Waals surface area (Å²) in [5.74, 6) is -0.489. The Kier molecular flexibility index (Phi) is 6.22. The maximum absolute atomic E-state index is 12.9. The van der Waals surface area contributed by atoms with E-state index < -0.39 is 6.04 Å². The fourth-order valence-corrected chi connectivity index (χ4v) is 3.40. The molecule has 0 spiro atoms. The van der Waals surface area contributed by atoms with Crippen molar-refractivity contribution in [3.63, 3.8) is 0 Å². The van der Waals surface area contributed by atoms with E-state index in [4.69, 9.17) is 0 Å². The van der Waals surface area contributed by atoms with Crippen molar-refractivity contribution in [3.05, 3.63) is 35.9 Å². The molecule has 26 heavy (non-hydrogen) atoms. The summed E-state index contributed by atoms with van der Waals surface area (Å²) in [6.45, 7) is 3.19. The van der Waals surface area contributed by atoms with Crippen LogP contribution < -0.4 is 10.6 Å². The fraction of sp³-hybridized carbons (Fsp3) is 0.526. The van der Waals surface area contributed by atoms with E-state index in [0.717, 1.165) is 31.5 Å². The quantitative estimate of drug-likeness (QED) is 0.836. The summed E-state index contributed by atoms with van der Waals surface area (Å²) in [5, 5.41) is 6.04. The number of carbonyl (C=O) groups is 3. The molecule has 0 aromatic heterocycles. The molecule has 140 valence electrons. The highest BCUT2D eigenvalue weighted by Crippen LogP contribution is 2.15. The van der Waals surface area contributed by atoms with E-state index in [1.54, 1.807) is 4.90 Å². The van der Waals surface area contributed by atoms with E-state index >= 15 is 0 Å². The molecule has 3 rings (SSSR count). The molecular weight excluding hydrogens is 332 g/mol. The van der Waals surface area contributed by atoms with Gasteiger partial charge in [-0.25, -0.2) is 4.79 Å². The maximum atomic E-state index is 12.9. The van der Waals surface area contributed by atoms with Gasteiger partial charge in [0.2, 0.25) is 5.91 Å². The lowest BCUT2D eigenvalue weighted by atomic mass is 10.1. The van der Waals surface area contributed by atoms with Crippen LogP contribution in [-0.2, 0) is 16.0 Å². The molecule has 7 heteroatoms. The number of carbonyl (C=O) groups excluding carboxylic acids is 3. The number of nitrogens with zero attached hydrogens (tertiary/aromatic N) is 2. The van der Waals surface area contributed by atoms with Gasteiger partial charge < -0.3 is 15.5 Å². The van der Waals surface area contributed by atoms with Gasteiger partial charge in [-0.3, -0.25) is 14.5 Å². The second-order valence-electron chi connectivity index (χ2n) is 6.78. The van der Waals surface area contributed by atoms with E-state index in [2.05, 4.69) is 10.6 Å². The Hall–Kier alpha value is -2.41. The summed E-state index contributed by atoms with van der Waals surface area (Å²) in [6, 6.07) is 8.56. The predicted molar refractivity (Wildman–Crippen MR) is 97.5 cm³/mol. The number of amides is 4. The first-order valence-corrected chi connectivity index (χ1v) is 9.29. The van der Waals surface area contributed by atoms with Gasteiger partial charge in [-0.1, -0.05) is 30.3 Å². The van der Waals surface area contributed by atoms with E-state index in [0.29, 0.717) is 26.1 Å². The van der Waals surface area contributed by atoms with Gasteiger partial charge in [0.1, 0.15) is 6.04 Å². The highest BCUT2D eigenvalue weighted by atomic mass is 16.2. The maximum Gasteiger partial charge on any atom is 0.318 e. The number of benzene rings is 1. The molecule has 1 aromatic rings. The van der Waals surface area contributed by atoms with Crippen molar-refractivity contribution in [3.8, 4) is 0 Å². The van der Waals surface area contributed by atoms with Crippen molar-refractivity contribution in [1.82, 2.24) is 20.4 Å². The summed E-state index contributed by atoms with van der Waals surface area (Å²) >= 11 is 0. The zero-order valence-corrected chi connectivity index (χ0v) is 14.9. The molecule has 4 amide bonds. The van der Waals surface area contributed by atoms with Crippen molar-refractivity contribution >= 4 is 17.8 Å². The predicted octanol–water partition coefficient (Wildman–Crippen LogP) is 0.752. The Morgan fingerprint density at radius 2 is 1.81 bits per heavy atom. The highest BCUT2D eigenvalue weighted by molar-refractivity contribution is 6.00. The molecule has 2 N–H and O–H groups in total. The summed E-state index contributed by atoms with van der Waals surface area (Å²) in [5.41, 5.74) is 0.885. The van der Waals surface area contributed by atoms with E-state index in [1.165, 1.54) is 4.90 Å². The molecule has 2 heterocycles. The minimum Gasteiger partial charge on any atom is -0.326 e. The Morgan fingerprint density at radius 1 is 1.08 bits per heavy atom. The van der Waals surface area contributed by atoms with Gasteiger partial charge in [0.15, 0.2) is 0 Å². The molecule has 2 aliphatic rings.